The van der Waals surface area contributed by atoms with Crippen LogP contribution in [0.5, 0.6) is 0 Å². The molecule has 4 unspecified atom stereocenters. The highest BCUT2D eigenvalue weighted by atomic mass is 28.5. The quantitative estimate of drug-likeness (QED) is 0.169. The molecule has 1 heterocycles. The molecule has 35 heavy (non-hydrogen) atoms. The maximum absolute atomic E-state index is 7.63. The van der Waals surface area contributed by atoms with Crippen molar-refractivity contribution in [1.82, 2.24) is 0 Å². The molecule has 4 nitrogen and oxygen atoms in total. The van der Waals surface area contributed by atoms with Gasteiger partial charge in [0.05, 0.1) is 0 Å². The highest BCUT2D eigenvalue weighted by Gasteiger charge is 2.69. The topological polar surface area (TPSA) is 36.9 Å². The van der Waals surface area contributed by atoms with Crippen molar-refractivity contribution in [2.24, 2.45) is 11.8 Å². The molecule has 1 aliphatic heterocycles. The predicted molar refractivity (Wildman–Crippen MR) is 159 cm³/mol. The van der Waals surface area contributed by atoms with Crippen molar-refractivity contribution >= 4 is 34.2 Å². The second kappa shape index (κ2) is 12.0. The monoisotopic (exact) mass is 552 g/mol. The molecule has 0 amide bonds. The average molecular weight is 553 g/mol. The summed E-state index contributed by atoms with van der Waals surface area (Å²) in [6, 6.07) is 2.96. The minimum Gasteiger partial charge on any atom is -0.415 e. The lowest BCUT2D eigenvalue weighted by atomic mass is 10.1. The lowest BCUT2D eigenvalue weighted by Crippen LogP contribution is -2.72. The maximum Gasteiger partial charge on any atom is 0.328 e. The highest BCUT2D eigenvalue weighted by molar-refractivity contribution is 6.96. The van der Waals surface area contributed by atoms with E-state index < -0.39 is 34.2 Å². The first-order valence-corrected chi connectivity index (χ1v) is 22.0. The molecule has 1 aliphatic carbocycles. The summed E-state index contributed by atoms with van der Waals surface area (Å²) in [5.74, 6) is 1.22. The van der Waals surface area contributed by atoms with Gasteiger partial charge in [-0.3, -0.25) is 0 Å². The SMILES string of the molecule is C=CC[Si]1(C(C)C)O[Si](CC=C)(C(C)C)O[Si](CC=C)(C2CC2C(C)C)O[Si](CC=C)(C(C)C)O1. The van der Waals surface area contributed by atoms with E-state index in [0.717, 1.165) is 30.6 Å². The van der Waals surface area contributed by atoms with Crippen LogP contribution in [0.2, 0.25) is 46.3 Å². The Morgan fingerprint density at radius 3 is 1.20 bits per heavy atom. The zero-order valence-corrected chi connectivity index (χ0v) is 27.8. The van der Waals surface area contributed by atoms with Crippen LogP contribution in [-0.4, -0.2) is 34.2 Å². The molecular formula is C27H52O4Si4. The molecule has 0 radical (unpaired) electrons. The molecule has 8 heteroatoms. The second-order valence-corrected chi connectivity index (χ2v) is 27.4. The van der Waals surface area contributed by atoms with Gasteiger partial charge in [-0.2, -0.15) is 0 Å². The first-order valence-electron chi connectivity index (χ1n) is 13.6. The van der Waals surface area contributed by atoms with E-state index in [1.54, 1.807) is 0 Å². The van der Waals surface area contributed by atoms with Gasteiger partial charge >= 0.3 is 34.2 Å². The van der Waals surface area contributed by atoms with Crippen LogP contribution in [-0.2, 0) is 16.5 Å². The van der Waals surface area contributed by atoms with Gasteiger partial charge in [0.1, 0.15) is 0 Å². The fourth-order valence-corrected chi connectivity index (χ4v) is 31.6. The molecule has 0 N–H and O–H groups in total. The minimum absolute atomic E-state index is 0.233. The van der Waals surface area contributed by atoms with E-state index in [0.29, 0.717) is 17.4 Å². The van der Waals surface area contributed by atoms with E-state index >= 15 is 0 Å². The summed E-state index contributed by atoms with van der Waals surface area (Å²) in [5, 5.41) is 0. The first kappa shape index (κ1) is 30.9. The van der Waals surface area contributed by atoms with Crippen molar-refractivity contribution in [3.63, 3.8) is 0 Å². The van der Waals surface area contributed by atoms with Crippen molar-refractivity contribution in [1.29, 1.82) is 0 Å². The summed E-state index contributed by atoms with van der Waals surface area (Å²) >= 11 is 0. The van der Waals surface area contributed by atoms with E-state index in [2.05, 4.69) is 81.7 Å². The standard InChI is InChI=1S/C27H52O4Si4/c1-13-17-32(23(7)8)28-33(18-14-2,24(9)10)30-35(20-16-4,27-21-26(27)22(5)6)31-34(29-32,19-15-3)25(11)12/h13-16,22-27H,1-4,17-21H2,5-12H3. The van der Waals surface area contributed by atoms with E-state index in [9.17, 15) is 0 Å². The van der Waals surface area contributed by atoms with Gasteiger partial charge in [0.25, 0.3) is 0 Å². The molecule has 2 aliphatic rings. The fourth-order valence-electron chi connectivity index (χ4n) is 5.57. The maximum atomic E-state index is 7.63. The molecule has 1 saturated carbocycles. The third-order valence-electron chi connectivity index (χ3n) is 8.00. The van der Waals surface area contributed by atoms with Crippen molar-refractivity contribution in [2.75, 3.05) is 0 Å². The lowest BCUT2D eigenvalue weighted by molar-refractivity contribution is 0.198. The Balaban J connectivity index is 2.86. The van der Waals surface area contributed by atoms with Crippen LogP contribution < -0.4 is 0 Å². The molecule has 1 saturated heterocycles. The Morgan fingerprint density at radius 1 is 0.600 bits per heavy atom. The van der Waals surface area contributed by atoms with E-state index in [4.69, 9.17) is 16.5 Å². The Kier molecular flexibility index (Phi) is 10.6. The average Bonchev–Trinajstić information content (AvgIpc) is 3.54. The molecule has 0 aromatic rings. The smallest absolute Gasteiger partial charge is 0.328 e. The minimum atomic E-state index is -2.80. The van der Waals surface area contributed by atoms with Gasteiger partial charge in [0, 0.05) is 29.7 Å². The van der Waals surface area contributed by atoms with Gasteiger partial charge in [-0.05, 0) is 34.9 Å². The van der Waals surface area contributed by atoms with Crippen molar-refractivity contribution in [3.8, 4) is 0 Å². The zero-order chi connectivity index (χ0) is 26.7. The molecule has 2 fully saturated rings. The molecule has 0 bridgehead atoms. The van der Waals surface area contributed by atoms with Crippen LogP contribution >= 0.6 is 0 Å². The van der Waals surface area contributed by atoms with Crippen LogP contribution in [0.4, 0.5) is 0 Å². The summed E-state index contributed by atoms with van der Waals surface area (Å²) < 4.78 is 30.3. The van der Waals surface area contributed by atoms with Crippen LogP contribution in [0, 0.1) is 11.8 Å². The zero-order valence-electron chi connectivity index (χ0n) is 23.8. The van der Waals surface area contributed by atoms with Gasteiger partial charge in [0.15, 0.2) is 0 Å². The van der Waals surface area contributed by atoms with Gasteiger partial charge in [-0.1, -0.05) is 79.7 Å². The van der Waals surface area contributed by atoms with E-state index in [-0.39, 0.29) is 16.6 Å². The number of hydrogen-bond acceptors (Lipinski definition) is 4. The Morgan fingerprint density at radius 2 is 0.943 bits per heavy atom. The number of hydrogen-bond donors (Lipinski definition) is 0. The van der Waals surface area contributed by atoms with Crippen LogP contribution in [0.1, 0.15) is 61.8 Å². The molecule has 0 aromatic heterocycles. The van der Waals surface area contributed by atoms with Crippen molar-refractivity contribution in [2.45, 2.75) is 108 Å². The van der Waals surface area contributed by atoms with E-state index in [1.165, 1.54) is 0 Å². The molecule has 200 valence electrons. The molecule has 4 atom stereocenters. The van der Waals surface area contributed by atoms with Gasteiger partial charge in [-0.25, -0.2) is 0 Å². The summed E-state index contributed by atoms with van der Waals surface area (Å²) in [5.41, 5.74) is 1.15. The van der Waals surface area contributed by atoms with Crippen LogP contribution in [0.25, 0.3) is 0 Å². The third kappa shape index (κ3) is 6.22. The fraction of sp³-hybridized carbons (Fsp3) is 0.704. The largest absolute Gasteiger partial charge is 0.415 e. The number of rotatable bonds is 13. The first-order chi connectivity index (χ1) is 16.3. The third-order valence-corrected chi connectivity index (χ3v) is 29.6. The molecule has 0 aromatic carbocycles. The Labute approximate surface area is 220 Å². The van der Waals surface area contributed by atoms with Crippen molar-refractivity contribution in [3.05, 3.63) is 50.6 Å². The van der Waals surface area contributed by atoms with Gasteiger partial charge in [0.2, 0.25) is 0 Å². The molecule has 2 rings (SSSR count). The summed E-state index contributed by atoms with van der Waals surface area (Å²) in [7, 11) is -11.2. The van der Waals surface area contributed by atoms with Crippen LogP contribution in [0.3, 0.4) is 0 Å². The molecule has 0 spiro atoms. The molecular weight excluding hydrogens is 501 g/mol. The lowest BCUT2D eigenvalue weighted by Gasteiger charge is -2.56. The van der Waals surface area contributed by atoms with Crippen LogP contribution in [0.15, 0.2) is 50.6 Å². The van der Waals surface area contributed by atoms with E-state index in [1.807, 2.05) is 24.3 Å². The Hall–Kier alpha value is -0.332. The highest BCUT2D eigenvalue weighted by Crippen LogP contribution is 2.61. The summed E-state index contributed by atoms with van der Waals surface area (Å²) in [6.45, 7) is 34.7. The van der Waals surface area contributed by atoms with Gasteiger partial charge in [-0.15, -0.1) is 26.3 Å². The van der Waals surface area contributed by atoms with Crippen molar-refractivity contribution < 1.29 is 16.5 Å². The predicted octanol–water partition coefficient (Wildman–Crippen LogP) is 8.86. The van der Waals surface area contributed by atoms with Gasteiger partial charge < -0.3 is 16.5 Å². The second-order valence-electron chi connectivity index (χ2n) is 11.8. The summed E-state index contributed by atoms with van der Waals surface area (Å²) in [4.78, 5) is 0. The number of allylic oxidation sites excluding steroid dienone is 4. The summed E-state index contributed by atoms with van der Waals surface area (Å²) in [6.07, 6.45) is 9.17. The normalized spacial score (nSPS) is 37.8. The Bertz CT molecular complexity index is 734.